The molecule has 0 aliphatic carbocycles. The van der Waals surface area contributed by atoms with Gasteiger partial charge in [0.1, 0.15) is 11.5 Å². The summed E-state index contributed by atoms with van der Waals surface area (Å²) >= 11 is 0. The lowest BCUT2D eigenvalue weighted by atomic mass is 10.1. The van der Waals surface area contributed by atoms with E-state index in [1.807, 2.05) is 48.7 Å². The summed E-state index contributed by atoms with van der Waals surface area (Å²) < 4.78 is 0. The molecular weight excluding hydrogens is 262 g/mol. The van der Waals surface area contributed by atoms with Gasteiger partial charge >= 0.3 is 0 Å². The highest BCUT2D eigenvalue weighted by molar-refractivity contribution is 5.78. The number of H-pyrrole nitrogens is 1. The van der Waals surface area contributed by atoms with Gasteiger partial charge in [0.25, 0.3) is 0 Å². The largest absolute Gasteiger partial charge is 0.369 e. The first-order chi connectivity index (χ1) is 10.4. The maximum Gasteiger partial charge on any atom is 0.148 e. The molecule has 21 heavy (non-hydrogen) atoms. The monoisotopic (exact) mass is 279 g/mol. The summed E-state index contributed by atoms with van der Waals surface area (Å²) in [6.45, 7) is 3.02. The highest BCUT2D eigenvalue weighted by Gasteiger charge is 2.11. The molecule has 0 aliphatic heterocycles. The number of anilines is 1. The lowest BCUT2D eigenvalue weighted by Gasteiger charge is -2.04. The van der Waals surface area contributed by atoms with Crippen molar-refractivity contribution in [2.75, 3.05) is 11.9 Å². The quantitative estimate of drug-likeness (QED) is 0.751. The smallest absolute Gasteiger partial charge is 0.148 e. The number of hydrogen-bond donors (Lipinski definition) is 2. The third-order valence-electron chi connectivity index (χ3n) is 3.18. The van der Waals surface area contributed by atoms with Crippen LogP contribution < -0.4 is 5.32 Å². The number of nitrogens with one attached hydrogen (secondary N) is 2. The molecule has 2 aromatic heterocycles. The van der Waals surface area contributed by atoms with Crippen molar-refractivity contribution in [1.82, 2.24) is 20.4 Å². The van der Waals surface area contributed by atoms with E-state index in [1.54, 1.807) is 0 Å². The van der Waals surface area contributed by atoms with Crippen LogP contribution in [0.2, 0.25) is 0 Å². The van der Waals surface area contributed by atoms with E-state index in [4.69, 9.17) is 0 Å². The predicted molar refractivity (Wildman–Crippen MR) is 83.8 cm³/mol. The van der Waals surface area contributed by atoms with Crippen LogP contribution in [-0.2, 0) is 0 Å². The second-order valence-corrected chi connectivity index (χ2v) is 4.74. The summed E-state index contributed by atoms with van der Waals surface area (Å²) in [4.78, 5) is 0. The van der Waals surface area contributed by atoms with E-state index in [0.717, 1.165) is 41.3 Å². The van der Waals surface area contributed by atoms with Crippen molar-refractivity contribution < 1.29 is 0 Å². The lowest BCUT2D eigenvalue weighted by molar-refractivity contribution is 0.946. The number of aromatic amines is 1. The lowest BCUT2D eigenvalue weighted by Crippen LogP contribution is -2.02. The van der Waals surface area contributed by atoms with E-state index >= 15 is 0 Å². The van der Waals surface area contributed by atoms with E-state index in [-0.39, 0.29) is 0 Å². The van der Waals surface area contributed by atoms with Crippen molar-refractivity contribution in [3.05, 3.63) is 48.7 Å². The standard InChI is InChI=1S/C16H17N5/c1-2-10-17-15-9-8-14(19-20-15)13-11-18-21-16(13)12-6-4-3-5-7-12/h3-9,11H,2,10H2,1H3,(H,17,20)(H,18,21). The van der Waals surface area contributed by atoms with Gasteiger partial charge in [-0.1, -0.05) is 37.3 Å². The molecule has 3 aromatic rings. The van der Waals surface area contributed by atoms with Gasteiger partial charge in [0.2, 0.25) is 0 Å². The summed E-state index contributed by atoms with van der Waals surface area (Å²) in [6, 6.07) is 14.0. The molecule has 0 saturated heterocycles. The fraction of sp³-hybridized carbons (Fsp3) is 0.188. The Labute approximate surface area is 123 Å². The molecule has 0 amide bonds. The van der Waals surface area contributed by atoms with Crippen molar-refractivity contribution in [1.29, 1.82) is 0 Å². The molecular formula is C16H17N5. The van der Waals surface area contributed by atoms with Crippen molar-refractivity contribution in [3.8, 4) is 22.5 Å². The van der Waals surface area contributed by atoms with Crippen LogP contribution >= 0.6 is 0 Å². The second-order valence-electron chi connectivity index (χ2n) is 4.74. The zero-order chi connectivity index (χ0) is 14.5. The molecule has 3 rings (SSSR count). The molecule has 0 saturated carbocycles. The highest BCUT2D eigenvalue weighted by Crippen LogP contribution is 2.28. The van der Waals surface area contributed by atoms with Gasteiger partial charge in [0, 0.05) is 23.9 Å². The average molecular weight is 279 g/mol. The van der Waals surface area contributed by atoms with Crippen LogP contribution in [0, 0.1) is 0 Å². The van der Waals surface area contributed by atoms with Gasteiger partial charge < -0.3 is 5.32 Å². The van der Waals surface area contributed by atoms with Crippen LogP contribution in [0.3, 0.4) is 0 Å². The molecule has 2 heterocycles. The maximum absolute atomic E-state index is 4.33. The number of aromatic nitrogens is 4. The van der Waals surface area contributed by atoms with E-state index < -0.39 is 0 Å². The van der Waals surface area contributed by atoms with Crippen LogP contribution in [0.5, 0.6) is 0 Å². The third-order valence-corrected chi connectivity index (χ3v) is 3.18. The van der Waals surface area contributed by atoms with Gasteiger partial charge in [-0.2, -0.15) is 5.10 Å². The van der Waals surface area contributed by atoms with Crippen LogP contribution in [0.4, 0.5) is 5.82 Å². The van der Waals surface area contributed by atoms with E-state index in [2.05, 4.69) is 32.6 Å². The Morgan fingerprint density at radius 2 is 1.90 bits per heavy atom. The molecule has 5 nitrogen and oxygen atoms in total. The Bertz CT molecular complexity index is 688. The van der Waals surface area contributed by atoms with Crippen LogP contribution in [0.1, 0.15) is 13.3 Å². The van der Waals surface area contributed by atoms with Gasteiger partial charge in [-0.05, 0) is 18.6 Å². The Morgan fingerprint density at radius 3 is 2.62 bits per heavy atom. The molecule has 0 bridgehead atoms. The zero-order valence-electron chi connectivity index (χ0n) is 11.9. The van der Waals surface area contributed by atoms with Gasteiger partial charge in [0.15, 0.2) is 0 Å². The molecule has 0 spiro atoms. The third kappa shape index (κ3) is 2.91. The van der Waals surface area contributed by atoms with Crippen molar-refractivity contribution in [2.24, 2.45) is 0 Å². The van der Waals surface area contributed by atoms with Crippen LogP contribution in [0.25, 0.3) is 22.5 Å². The van der Waals surface area contributed by atoms with Gasteiger partial charge in [-0.25, -0.2) is 0 Å². The minimum atomic E-state index is 0.797. The first kappa shape index (κ1) is 13.3. The molecule has 106 valence electrons. The Morgan fingerprint density at radius 1 is 1.05 bits per heavy atom. The number of hydrogen-bond acceptors (Lipinski definition) is 4. The van der Waals surface area contributed by atoms with E-state index in [1.165, 1.54) is 0 Å². The molecule has 5 heteroatoms. The summed E-state index contributed by atoms with van der Waals surface area (Å²) in [5.41, 5.74) is 3.71. The zero-order valence-corrected chi connectivity index (χ0v) is 11.9. The molecule has 0 radical (unpaired) electrons. The summed E-state index contributed by atoms with van der Waals surface area (Å²) in [6.07, 6.45) is 2.91. The molecule has 0 unspecified atom stereocenters. The summed E-state index contributed by atoms with van der Waals surface area (Å²) in [5.74, 6) is 0.797. The van der Waals surface area contributed by atoms with Crippen LogP contribution in [0.15, 0.2) is 48.7 Å². The normalized spacial score (nSPS) is 10.5. The van der Waals surface area contributed by atoms with Crippen molar-refractivity contribution >= 4 is 5.82 Å². The Kier molecular flexibility index (Phi) is 3.91. The fourth-order valence-corrected chi connectivity index (χ4v) is 2.12. The summed E-state index contributed by atoms with van der Waals surface area (Å²) in [5, 5.41) is 18.9. The Balaban J connectivity index is 1.90. The van der Waals surface area contributed by atoms with Gasteiger partial charge in [0.05, 0.1) is 5.69 Å². The van der Waals surface area contributed by atoms with E-state index in [9.17, 15) is 0 Å². The van der Waals surface area contributed by atoms with Gasteiger partial charge in [-0.3, -0.25) is 5.10 Å². The first-order valence-electron chi connectivity index (χ1n) is 7.05. The second kappa shape index (κ2) is 6.17. The first-order valence-corrected chi connectivity index (χ1v) is 7.05. The predicted octanol–water partition coefficient (Wildman–Crippen LogP) is 3.36. The average Bonchev–Trinajstić information content (AvgIpc) is 3.04. The maximum atomic E-state index is 4.33. The highest BCUT2D eigenvalue weighted by atomic mass is 15.2. The molecule has 0 atom stereocenters. The Hall–Kier alpha value is -2.69. The SMILES string of the molecule is CCCNc1ccc(-c2c[nH]nc2-c2ccccc2)nn1. The number of rotatable bonds is 5. The van der Waals surface area contributed by atoms with Crippen molar-refractivity contribution in [2.45, 2.75) is 13.3 Å². The molecule has 0 fully saturated rings. The van der Waals surface area contributed by atoms with Gasteiger partial charge in [-0.15, -0.1) is 10.2 Å². The minimum absolute atomic E-state index is 0.797. The minimum Gasteiger partial charge on any atom is -0.369 e. The summed E-state index contributed by atoms with van der Waals surface area (Å²) in [7, 11) is 0. The van der Waals surface area contributed by atoms with Crippen LogP contribution in [-0.4, -0.2) is 26.9 Å². The topological polar surface area (TPSA) is 66.5 Å². The van der Waals surface area contributed by atoms with E-state index in [0.29, 0.717) is 0 Å². The molecule has 2 N–H and O–H groups in total. The van der Waals surface area contributed by atoms with Crippen molar-refractivity contribution in [3.63, 3.8) is 0 Å². The number of benzene rings is 1. The molecule has 1 aromatic carbocycles. The molecule has 0 aliphatic rings. The number of nitrogens with zero attached hydrogens (tertiary/aromatic N) is 3. The fourth-order valence-electron chi connectivity index (χ4n) is 2.12.